The largest absolute Gasteiger partial charge is 0.468 e. The number of aliphatic hydroxyl groups excluding tert-OH is 1. The molecule has 5 aliphatic carbocycles. The van der Waals surface area contributed by atoms with Crippen molar-refractivity contribution in [2.75, 3.05) is 27.2 Å². The fraction of sp³-hybridized carbons (Fsp3) is 0.738. The van der Waals surface area contributed by atoms with Crippen LogP contribution >= 0.6 is 0 Å². The molecule has 5 saturated carbocycles. The zero-order chi connectivity index (χ0) is 35.5. The third kappa shape index (κ3) is 5.88. The highest BCUT2D eigenvalue weighted by atomic mass is 16.5. The zero-order valence-electron chi connectivity index (χ0n) is 31.3. The molecule has 0 spiro atoms. The number of nitrogens with zero attached hydrogens (tertiary/aromatic N) is 1. The van der Waals surface area contributed by atoms with E-state index in [4.69, 9.17) is 4.74 Å². The molecule has 5 fully saturated rings. The number of hydrogen-bond donors (Lipinski definition) is 2. The van der Waals surface area contributed by atoms with E-state index in [1.54, 1.807) is 13.1 Å². The van der Waals surface area contributed by atoms with Crippen LogP contribution in [-0.2, 0) is 20.7 Å². The summed E-state index contributed by atoms with van der Waals surface area (Å²) >= 11 is 0. The van der Waals surface area contributed by atoms with E-state index in [0.29, 0.717) is 54.0 Å². The number of likely N-dealkylation sites (N-methyl/N-ethyl adjacent to an activating group) is 1. The molecule has 49 heavy (non-hydrogen) atoms. The highest BCUT2D eigenvalue weighted by Gasteiger charge is 2.68. The predicted octanol–water partition coefficient (Wildman–Crippen LogP) is 7.22. The Kier molecular flexibility index (Phi) is 9.69. The lowest BCUT2D eigenvalue weighted by Gasteiger charge is -2.69. The molecule has 2 amide bonds. The molecular formula is C42H62N2O5. The number of methoxy groups -OCH3 is 1. The van der Waals surface area contributed by atoms with Gasteiger partial charge in [0.1, 0.15) is 6.54 Å². The van der Waals surface area contributed by atoms with Gasteiger partial charge in [-0.2, -0.15) is 0 Å². The maximum Gasteiger partial charge on any atom is 0.325 e. The van der Waals surface area contributed by atoms with Gasteiger partial charge in [-0.25, -0.2) is 0 Å². The van der Waals surface area contributed by atoms with E-state index in [-0.39, 0.29) is 46.1 Å². The molecule has 7 heteroatoms. The van der Waals surface area contributed by atoms with Crippen molar-refractivity contribution in [3.63, 3.8) is 0 Å². The molecular weight excluding hydrogens is 612 g/mol. The van der Waals surface area contributed by atoms with Gasteiger partial charge in [0, 0.05) is 19.2 Å². The number of esters is 1. The van der Waals surface area contributed by atoms with Gasteiger partial charge in [-0.05, 0) is 147 Å². The molecule has 0 bridgehead atoms. The van der Waals surface area contributed by atoms with Crippen molar-refractivity contribution < 1.29 is 24.2 Å². The molecule has 0 aromatic heterocycles. The SMILES string of the molecule is C=C(C)C1CCC2(C(=O)NCCc3cccc(C(=O)N(C)CC(=O)OC)c3)CCC3C(CCC4C3(C)CCC3C(C)(C)C(O)CCC34C)C12. The highest BCUT2D eigenvalue weighted by Crippen LogP contribution is 2.73. The quantitative estimate of drug-likeness (QED) is 0.224. The molecule has 6 rings (SSSR count). The first-order chi connectivity index (χ1) is 23.1. The maximum atomic E-state index is 14.5. The molecule has 270 valence electrons. The molecule has 1 aromatic rings. The Labute approximate surface area is 295 Å². The lowest BCUT2D eigenvalue weighted by molar-refractivity contribution is -0.216. The highest BCUT2D eigenvalue weighted by molar-refractivity contribution is 5.96. The number of hydrogen-bond acceptors (Lipinski definition) is 5. The van der Waals surface area contributed by atoms with E-state index in [9.17, 15) is 19.5 Å². The molecule has 10 atom stereocenters. The lowest BCUT2D eigenvalue weighted by Crippen LogP contribution is -2.64. The number of fused-ring (bicyclic) bond motifs is 7. The second kappa shape index (κ2) is 13.1. The van der Waals surface area contributed by atoms with Gasteiger partial charge >= 0.3 is 5.97 Å². The summed E-state index contributed by atoms with van der Waals surface area (Å²) in [5, 5.41) is 14.4. The van der Waals surface area contributed by atoms with Gasteiger partial charge in [0.15, 0.2) is 0 Å². The van der Waals surface area contributed by atoms with Crippen molar-refractivity contribution in [3.05, 3.63) is 47.5 Å². The van der Waals surface area contributed by atoms with Gasteiger partial charge in [-0.3, -0.25) is 14.4 Å². The molecule has 5 aliphatic rings. The second-order valence-electron chi connectivity index (χ2n) is 18.0. The number of amides is 2. The minimum absolute atomic E-state index is 0.0425. The normalized spacial score (nSPS) is 39.0. The molecule has 2 N–H and O–H groups in total. The number of carbonyl (C=O) groups is 3. The van der Waals surface area contributed by atoms with Gasteiger partial charge in [-0.1, -0.05) is 52.0 Å². The van der Waals surface area contributed by atoms with Crippen LogP contribution in [0.2, 0.25) is 0 Å². The molecule has 10 unspecified atom stereocenters. The average molecular weight is 675 g/mol. The van der Waals surface area contributed by atoms with Crippen LogP contribution in [0.15, 0.2) is 36.4 Å². The third-order valence-corrected chi connectivity index (χ3v) is 15.5. The van der Waals surface area contributed by atoms with Crippen molar-refractivity contribution in [1.82, 2.24) is 10.2 Å². The predicted molar refractivity (Wildman–Crippen MR) is 192 cm³/mol. The van der Waals surface area contributed by atoms with Gasteiger partial charge in [0.05, 0.1) is 18.6 Å². The van der Waals surface area contributed by atoms with E-state index in [0.717, 1.165) is 44.1 Å². The minimum Gasteiger partial charge on any atom is -0.468 e. The van der Waals surface area contributed by atoms with E-state index >= 15 is 0 Å². The fourth-order valence-electron chi connectivity index (χ4n) is 13.1. The van der Waals surface area contributed by atoms with Crippen molar-refractivity contribution in [1.29, 1.82) is 0 Å². The summed E-state index contributed by atoms with van der Waals surface area (Å²) in [7, 11) is 2.91. The van der Waals surface area contributed by atoms with Crippen LogP contribution in [0.25, 0.3) is 0 Å². The molecule has 0 heterocycles. The summed E-state index contributed by atoms with van der Waals surface area (Å²) in [5.74, 6) is 2.64. The maximum absolute atomic E-state index is 14.5. The van der Waals surface area contributed by atoms with Crippen LogP contribution in [0.5, 0.6) is 0 Å². The van der Waals surface area contributed by atoms with Gasteiger partial charge in [0.2, 0.25) is 5.91 Å². The fourth-order valence-corrected chi connectivity index (χ4v) is 13.1. The number of ether oxygens (including phenoxy) is 1. The Morgan fingerprint density at radius 2 is 1.67 bits per heavy atom. The van der Waals surface area contributed by atoms with Crippen LogP contribution in [0.1, 0.15) is 115 Å². The van der Waals surface area contributed by atoms with Gasteiger partial charge < -0.3 is 20.1 Å². The Balaban J connectivity index is 1.17. The van der Waals surface area contributed by atoms with Crippen molar-refractivity contribution in [2.45, 2.75) is 111 Å². The molecule has 1 aromatic carbocycles. The lowest BCUT2D eigenvalue weighted by atomic mass is 9.36. The van der Waals surface area contributed by atoms with E-state index in [1.165, 1.54) is 43.3 Å². The Hall–Kier alpha value is -2.67. The van der Waals surface area contributed by atoms with Crippen molar-refractivity contribution in [3.8, 4) is 0 Å². The van der Waals surface area contributed by atoms with Crippen LogP contribution in [-0.4, -0.2) is 61.1 Å². The first kappa shape index (κ1) is 36.1. The Bertz CT molecular complexity index is 1470. The van der Waals surface area contributed by atoms with Crippen LogP contribution < -0.4 is 5.32 Å². The molecule has 0 saturated heterocycles. The number of aliphatic hydroxyl groups is 1. The summed E-state index contributed by atoms with van der Waals surface area (Å²) < 4.78 is 4.71. The topological polar surface area (TPSA) is 95.9 Å². The van der Waals surface area contributed by atoms with Crippen molar-refractivity contribution in [2.24, 2.45) is 57.2 Å². The van der Waals surface area contributed by atoms with Gasteiger partial charge in [-0.15, -0.1) is 0 Å². The molecule has 0 radical (unpaired) electrons. The standard InChI is InChI=1S/C42H62N2O5/c1-26(2)29-14-21-42(38(48)43-23-18-27-10-9-11-28(24-27)37(47)44(7)25-35(46)49-8)22-15-31-30(36(29)42)12-13-33-40(31,5)19-16-32-39(3,4)34(45)17-20-41(32,33)6/h9-11,24,29-34,36,45H,1,12-23,25H2,2-8H3,(H,43,48). The minimum atomic E-state index is -0.458. The summed E-state index contributed by atoms with van der Waals surface area (Å²) in [6, 6.07) is 7.48. The van der Waals surface area contributed by atoms with Crippen LogP contribution in [0.4, 0.5) is 0 Å². The number of nitrogens with one attached hydrogen (secondary N) is 1. The molecule has 0 aliphatic heterocycles. The number of benzene rings is 1. The first-order valence-electron chi connectivity index (χ1n) is 19.1. The van der Waals surface area contributed by atoms with Crippen LogP contribution in [0, 0.1) is 57.2 Å². The Morgan fingerprint density at radius 1 is 0.959 bits per heavy atom. The summed E-state index contributed by atoms with van der Waals surface area (Å²) in [6.45, 7) is 16.9. The van der Waals surface area contributed by atoms with E-state index in [2.05, 4.69) is 46.5 Å². The molecule has 7 nitrogen and oxygen atoms in total. The van der Waals surface area contributed by atoms with Crippen LogP contribution in [0.3, 0.4) is 0 Å². The number of allylic oxidation sites excluding steroid dienone is 1. The number of carbonyl (C=O) groups excluding carboxylic acids is 3. The summed E-state index contributed by atoms with van der Waals surface area (Å²) in [6.07, 6.45) is 11.4. The van der Waals surface area contributed by atoms with Crippen molar-refractivity contribution >= 4 is 17.8 Å². The first-order valence-corrected chi connectivity index (χ1v) is 19.1. The van der Waals surface area contributed by atoms with Gasteiger partial charge in [0.25, 0.3) is 5.91 Å². The zero-order valence-corrected chi connectivity index (χ0v) is 31.3. The summed E-state index contributed by atoms with van der Waals surface area (Å²) in [4.78, 5) is 40.4. The van der Waals surface area contributed by atoms with E-state index in [1.807, 2.05) is 18.2 Å². The monoisotopic (exact) mass is 674 g/mol. The third-order valence-electron chi connectivity index (χ3n) is 15.5. The second-order valence-corrected chi connectivity index (χ2v) is 18.0. The average Bonchev–Trinajstić information content (AvgIpc) is 3.48. The number of rotatable bonds is 8. The summed E-state index contributed by atoms with van der Waals surface area (Å²) in [5.41, 5.74) is 2.88. The van der Waals surface area contributed by atoms with E-state index < -0.39 is 5.97 Å². The Morgan fingerprint density at radius 3 is 2.39 bits per heavy atom. The smallest absolute Gasteiger partial charge is 0.325 e.